The van der Waals surface area contributed by atoms with Crippen LogP contribution in [0, 0.1) is 0 Å². The normalized spacial score (nSPS) is 29.0. The van der Waals surface area contributed by atoms with Crippen molar-refractivity contribution in [3.63, 3.8) is 0 Å². The summed E-state index contributed by atoms with van der Waals surface area (Å²) in [4.78, 5) is 40.7. The number of benzene rings is 1. The highest BCUT2D eigenvalue weighted by atomic mass is 16.2. The highest BCUT2D eigenvalue weighted by Crippen LogP contribution is 2.31. The number of carbonyl (C=O) groups excluding carboxylic acids is 3. The van der Waals surface area contributed by atoms with Crippen LogP contribution in [0.25, 0.3) is 0 Å². The Morgan fingerprint density at radius 2 is 2.04 bits per heavy atom. The standard InChI is InChI=1S/C20H26N4O3/c1-12-15(21)6-3-9-23(12)10-13-4-2-5-14-11-24(20(27)18(13)14)16-7-8-17(25)22-19(16)26/h2,4-5,12,15-16H,3,6-11,21H2,1H3,(H,22,25,26)/t12-,15+,16?/m0/s1. The second kappa shape index (κ2) is 7.05. The Morgan fingerprint density at radius 1 is 1.22 bits per heavy atom. The number of fused-ring (bicyclic) bond motifs is 1. The lowest BCUT2D eigenvalue weighted by atomic mass is 9.96. The molecule has 1 aromatic carbocycles. The summed E-state index contributed by atoms with van der Waals surface area (Å²) in [5.74, 6) is -0.745. The van der Waals surface area contributed by atoms with E-state index < -0.39 is 6.04 Å². The highest BCUT2D eigenvalue weighted by Gasteiger charge is 2.40. The van der Waals surface area contributed by atoms with E-state index in [1.807, 2.05) is 18.2 Å². The minimum atomic E-state index is -0.571. The molecule has 1 aromatic rings. The van der Waals surface area contributed by atoms with Crippen molar-refractivity contribution >= 4 is 17.7 Å². The number of nitrogens with one attached hydrogen (secondary N) is 1. The predicted octanol–water partition coefficient (Wildman–Crippen LogP) is 0.759. The first kappa shape index (κ1) is 18.1. The lowest BCUT2D eigenvalue weighted by Crippen LogP contribution is -2.52. The number of piperidine rings is 2. The van der Waals surface area contributed by atoms with Crippen molar-refractivity contribution in [2.75, 3.05) is 6.54 Å². The lowest BCUT2D eigenvalue weighted by Gasteiger charge is -2.38. The van der Waals surface area contributed by atoms with Crippen LogP contribution in [0.2, 0.25) is 0 Å². The number of imide groups is 1. The zero-order valence-corrected chi connectivity index (χ0v) is 15.6. The molecule has 4 rings (SSSR count). The van der Waals surface area contributed by atoms with E-state index in [0.717, 1.165) is 30.5 Å². The highest BCUT2D eigenvalue weighted by molar-refractivity contribution is 6.05. The van der Waals surface area contributed by atoms with Crippen LogP contribution in [0.4, 0.5) is 0 Å². The Labute approximate surface area is 158 Å². The van der Waals surface area contributed by atoms with Crippen molar-refractivity contribution in [2.24, 2.45) is 5.73 Å². The molecular formula is C20H26N4O3. The maximum absolute atomic E-state index is 13.1. The van der Waals surface area contributed by atoms with Crippen LogP contribution in [-0.2, 0) is 22.7 Å². The second-order valence-corrected chi connectivity index (χ2v) is 7.87. The summed E-state index contributed by atoms with van der Waals surface area (Å²) in [7, 11) is 0. The van der Waals surface area contributed by atoms with E-state index in [1.54, 1.807) is 4.90 Å². The van der Waals surface area contributed by atoms with E-state index in [9.17, 15) is 14.4 Å². The van der Waals surface area contributed by atoms with Gasteiger partial charge in [0, 0.05) is 37.2 Å². The third-order valence-electron chi connectivity index (χ3n) is 6.19. The van der Waals surface area contributed by atoms with Gasteiger partial charge in [0.25, 0.3) is 5.91 Å². The van der Waals surface area contributed by atoms with Crippen LogP contribution in [0.3, 0.4) is 0 Å². The van der Waals surface area contributed by atoms with E-state index in [0.29, 0.717) is 25.1 Å². The number of rotatable bonds is 3. The fourth-order valence-corrected chi connectivity index (χ4v) is 4.51. The molecule has 0 spiro atoms. The van der Waals surface area contributed by atoms with Gasteiger partial charge in [-0.25, -0.2) is 0 Å². The minimum Gasteiger partial charge on any atom is -0.326 e. The largest absolute Gasteiger partial charge is 0.326 e. The van der Waals surface area contributed by atoms with Crippen LogP contribution in [0.1, 0.15) is 54.1 Å². The number of nitrogens with zero attached hydrogens (tertiary/aromatic N) is 2. The van der Waals surface area contributed by atoms with Crippen LogP contribution < -0.4 is 11.1 Å². The van der Waals surface area contributed by atoms with E-state index >= 15 is 0 Å². The SMILES string of the molecule is C[C@H]1[C@H](N)CCCN1Cc1cccc2c1C(=O)N(C1CCC(=O)NC1=O)C2. The van der Waals surface area contributed by atoms with E-state index in [-0.39, 0.29) is 36.2 Å². The molecule has 2 saturated heterocycles. The molecule has 7 nitrogen and oxygen atoms in total. The maximum atomic E-state index is 13.1. The average Bonchev–Trinajstić information content (AvgIpc) is 2.97. The molecule has 7 heteroatoms. The minimum absolute atomic E-state index is 0.107. The van der Waals surface area contributed by atoms with E-state index in [2.05, 4.69) is 17.1 Å². The Hall–Kier alpha value is -2.25. The quantitative estimate of drug-likeness (QED) is 0.766. The fraction of sp³-hybridized carbons (Fsp3) is 0.550. The van der Waals surface area contributed by atoms with E-state index in [1.165, 1.54) is 0 Å². The Bertz CT molecular complexity index is 793. The van der Waals surface area contributed by atoms with Crippen LogP contribution in [0.15, 0.2) is 18.2 Å². The van der Waals surface area contributed by atoms with Gasteiger partial charge in [-0.15, -0.1) is 0 Å². The molecule has 144 valence electrons. The molecule has 3 heterocycles. The average molecular weight is 370 g/mol. The number of hydrogen-bond donors (Lipinski definition) is 2. The van der Waals surface area contributed by atoms with Gasteiger partial charge in [0.2, 0.25) is 11.8 Å². The Morgan fingerprint density at radius 3 is 2.81 bits per heavy atom. The van der Waals surface area contributed by atoms with Crippen molar-refractivity contribution in [3.8, 4) is 0 Å². The van der Waals surface area contributed by atoms with Gasteiger partial charge >= 0.3 is 0 Å². The number of nitrogens with two attached hydrogens (primary N) is 1. The van der Waals surface area contributed by atoms with Crippen molar-refractivity contribution in [1.82, 2.24) is 15.1 Å². The first-order valence-corrected chi connectivity index (χ1v) is 9.70. The Balaban J connectivity index is 1.56. The van der Waals surface area contributed by atoms with Crippen LogP contribution >= 0.6 is 0 Å². The zero-order valence-electron chi connectivity index (χ0n) is 15.6. The van der Waals surface area contributed by atoms with Crippen molar-refractivity contribution in [2.45, 2.75) is 63.8 Å². The van der Waals surface area contributed by atoms with Gasteiger partial charge in [-0.2, -0.15) is 0 Å². The molecule has 3 N–H and O–H groups in total. The van der Waals surface area contributed by atoms with Gasteiger partial charge in [-0.3, -0.25) is 24.6 Å². The van der Waals surface area contributed by atoms with Crippen molar-refractivity contribution in [3.05, 3.63) is 34.9 Å². The predicted molar refractivity (Wildman–Crippen MR) is 99.6 cm³/mol. The summed E-state index contributed by atoms with van der Waals surface area (Å²) >= 11 is 0. The van der Waals surface area contributed by atoms with Gasteiger partial charge < -0.3 is 10.6 Å². The second-order valence-electron chi connectivity index (χ2n) is 7.87. The van der Waals surface area contributed by atoms with Crippen molar-refractivity contribution in [1.29, 1.82) is 0 Å². The lowest BCUT2D eigenvalue weighted by molar-refractivity contribution is -0.136. The van der Waals surface area contributed by atoms with Crippen LogP contribution in [0.5, 0.6) is 0 Å². The molecule has 27 heavy (non-hydrogen) atoms. The number of carbonyl (C=O) groups is 3. The smallest absolute Gasteiger partial charge is 0.255 e. The molecule has 2 fully saturated rings. The third kappa shape index (κ3) is 3.26. The molecule has 3 amide bonds. The van der Waals surface area contributed by atoms with E-state index in [4.69, 9.17) is 5.73 Å². The molecule has 0 aliphatic carbocycles. The van der Waals surface area contributed by atoms with Crippen LogP contribution in [-0.4, -0.2) is 52.2 Å². The molecule has 0 radical (unpaired) electrons. The van der Waals surface area contributed by atoms with Gasteiger partial charge in [0.1, 0.15) is 6.04 Å². The first-order valence-electron chi connectivity index (χ1n) is 9.70. The van der Waals surface area contributed by atoms with Gasteiger partial charge in [-0.1, -0.05) is 18.2 Å². The summed E-state index contributed by atoms with van der Waals surface area (Å²) in [6, 6.07) is 5.79. The molecular weight excluding hydrogens is 344 g/mol. The van der Waals surface area contributed by atoms with Gasteiger partial charge in [-0.05, 0) is 43.9 Å². The molecule has 0 saturated carbocycles. The van der Waals surface area contributed by atoms with Gasteiger partial charge in [0.15, 0.2) is 0 Å². The monoisotopic (exact) mass is 370 g/mol. The molecule has 0 aromatic heterocycles. The fourth-order valence-electron chi connectivity index (χ4n) is 4.51. The summed E-state index contributed by atoms with van der Waals surface area (Å²) in [6.45, 7) is 4.23. The summed E-state index contributed by atoms with van der Waals surface area (Å²) in [5, 5.41) is 2.35. The number of hydrogen-bond acceptors (Lipinski definition) is 5. The number of amides is 3. The third-order valence-corrected chi connectivity index (χ3v) is 6.19. The summed E-state index contributed by atoms with van der Waals surface area (Å²) in [5.41, 5.74) is 8.88. The molecule has 3 atom stereocenters. The topological polar surface area (TPSA) is 95.7 Å². The zero-order chi connectivity index (χ0) is 19.1. The molecule has 0 bridgehead atoms. The number of likely N-dealkylation sites (tertiary alicyclic amines) is 1. The molecule has 3 aliphatic rings. The Kier molecular flexibility index (Phi) is 4.74. The summed E-state index contributed by atoms with van der Waals surface area (Å²) < 4.78 is 0. The van der Waals surface area contributed by atoms with Gasteiger partial charge in [0.05, 0.1) is 0 Å². The molecule has 1 unspecified atom stereocenters. The van der Waals surface area contributed by atoms with Crippen molar-refractivity contribution < 1.29 is 14.4 Å². The first-order chi connectivity index (χ1) is 13.0. The molecule has 3 aliphatic heterocycles. The summed E-state index contributed by atoms with van der Waals surface area (Å²) in [6.07, 6.45) is 2.76. The maximum Gasteiger partial charge on any atom is 0.255 e.